The number of aromatic nitrogens is 2. The molecule has 0 amide bonds. The average molecular weight is 337 g/mol. The zero-order chi connectivity index (χ0) is 16.9. The number of allylic oxidation sites excluding steroid dienone is 1. The Bertz CT molecular complexity index is 908. The summed E-state index contributed by atoms with van der Waals surface area (Å²) in [4.78, 5) is 8.37. The van der Waals surface area contributed by atoms with Gasteiger partial charge in [0.2, 0.25) is 0 Å². The maximum absolute atomic E-state index is 10.3. The Morgan fingerprint density at radius 1 is 1.29 bits per heavy atom. The molecular weight excluding hydrogens is 322 g/mol. The number of benzene rings is 2. The van der Waals surface area contributed by atoms with Crippen molar-refractivity contribution in [3.63, 3.8) is 0 Å². The van der Waals surface area contributed by atoms with Gasteiger partial charge in [-0.05, 0) is 30.3 Å². The minimum Gasteiger partial charge on any atom is -0.510 e. The molecular formula is C18H15N3O2S. The zero-order valence-corrected chi connectivity index (χ0v) is 13.8. The molecule has 0 fully saturated rings. The number of nitrogens with zero attached hydrogens (tertiary/aromatic N) is 2. The van der Waals surface area contributed by atoms with E-state index in [1.165, 1.54) is 11.8 Å². The first kappa shape index (κ1) is 16.0. The van der Waals surface area contributed by atoms with Gasteiger partial charge in [-0.2, -0.15) is 5.26 Å². The van der Waals surface area contributed by atoms with E-state index in [9.17, 15) is 10.4 Å². The number of H-pyrrole nitrogens is 1. The van der Waals surface area contributed by atoms with Crippen LogP contribution in [0.25, 0.3) is 16.6 Å². The first-order chi connectivity index (χ1) is 11.7. The maximum atomic E-state index is 10.3. The third kappa shape index (κ3) is 3.36. The highest BCUT2D eigenvalue weighted by Gasteiger charge is 2.13. The number of hydrogen-bond donors (Lipinski definition) is 2. The molecule has 1 heterocycles. The van der Waals surface area contributed by atoms with Crippen molar-refractivity contribution in [3.8, 4) is 11.8 Å². The molecule has 0 saturated carbocycles. The molecule has 6 heteroatoms. The van der Waals surface area contributed by atoms with Gasteiger partial charge in [0.05, 0.1) is 23.9 Å². The number of methoxy groups -OCH3 is 1. The molecule has 120 valence electrons. The number of aliphatic hydroxyl groups excluding tert-OH is 1. The molecule has 0 aliphatic heterocycles. The largest absolute Gasteiger partial charge is 0.510 e. The number of ether oxygens (including phenoxy) is 1. The number of nitrogens with one attached hydrogen (secondary N) is 1. The SMILES string of the molecule is COc1cccc(SCC(O)=C(C#N)c2nc3ccccc3[nH]2)c1. The molecule has 2 N–H and O–H groups in total. The fourth-order valence-electron chi connectivity index (χ4n) is 2.24. The predicted molar refractivity (Wildman–Crippen MR) is 95.0 cm³/mol. The molecule has 3 rings (SSSR count). The van der Waals surface area contributed by atoms with E-state index in [2.05, 4.69) is 9.97 Å². The van der Waals surface area contributed by atoms with Gasteiger partial charge in [0.25, 0.3) is 0 Å². The molecule has 0 spiro atoms. The van der Waals surface area contributed by atoms with Crippen LogP contribution in [0.5, 0.6) is 5.75 Å². The summed E-state index contributed by atoms with van der Waals surface area (Å²) in [7, 11) is 1.61. The summed E-state index contributed by atoms with van der Waals surface area (Å²) in [5.41, 5.74) is 1.74. The number of aromatic amines is 1. The van der Waals surface area contributed by atoms with Crippen LogP contribution in [-0.4, -0.2) is 27.9 Å². The van der Waals surface area contributed by atoms with Gasteiger partial charge in [0.15, 0.2) is 5.82 Å². The van der Waals surface area contributed by atoms with Crippen molar-refractivity contribution in [1.82, 2.24) is 9.97 Å². The summed E-state index contributed by atoms with van der Waals surface area (Å²) in [6.45, 7) is 0. The highest BCUT2D eigenvalue weighted by molar-refractivity contribution is 7.99. The highest BCUT2D eigenvalue weighted by atomic mass is 32.2. The first-order valence-corrected chi connectivity index (χ1v) is 8.24. The van der Waals surface area contributed by atoms with E-state index in [0.717, 1.165) is 21.7 Å². The lowest BCUT2D eigenvalue weighted by Gasteiger charge is -2.05. The Labute approximate surface area is 143 Å². The summed E-state index contributed by atoms with van der Waals surface area (Å²) >= 11 is 1.42. The molecule has 3 aromatic rings. The van der Waals surface area contributed by atoms with Gasteiger partial charge < -0.3 is 14.8 Å². The molecule has 0 radical (unpaired) electrons. The lowest BCUT2D eigenvalue weighted by atomic mass is 10.2. The molecule has 0 aliphatic rings. The predicted octanol–water partition coefficient (Wildman–Crippen LogP) is 4.16. The smallest absolute Gasteiger partial charge is 0.152 e. The standard InChI is InChI=1S/C18H15N3O2S/c1-23-12-5-4-6-13(9-12)24-11-17(22)14(10-19)18-20-15-7-2-3-8-16(15)21-18/h2-9,22H,11H2,1H3,(H,20,21). The number of nitriles is 1. The Balaban J connectivity index is 1.83. The summed E-state index contributed by atoms with van der Waals surface area (Å²) < 4.78 is 5.18. The van der Waals surface area contributed by atoms with Gasteiger partial charge in [-0.15, -0.1) is 11.8 Å². The van der Waals surface area contributed by atoms with Crippen molar-refractivity contribution in [3.05, 3.63) is 60.1 Å². The van der Waals surface area contributed by atoms with Crippen molar-refractivity contribution in [2.24, 2.45) is 0 Å². The van der Waals surface area contributed by atoms with Crippen LogP contribution in [0.1, 0.15) is 5.82 Å². The quantitative estimate of drug-likeness (QED) is 0.415. The van der Waals surface area contributed by atoms with Crippen molar-refractivity contribution in [2.45, 2.75) is 4.90 Å². The summed E-state index contributed by atoms with van der Waals surface area (Å²) in [6, 6.07) is 17.1. The summed E-state index contributed by atoms with van der Waals surface area (Å²) in [6.07, 6.45) is 0. The second-order valence-electron chi connectivity index (χ2n) is 5.00. The number of rotatable bonds is 5. The zero-order valence-electron chi connectivity index (χ0n) is 13.0. The molecule has 24 heavy (non-hydrogen) atoms. The Kier molecular flexibility index (Phi) is 4.73. The highest BCUT2D eigenvalue weighted by Crippen LogP contribution is 2.26. The lowest BCUT2D eigenvalue weighted by molar-refractivity contribution is 0.413. The molecule has 0 bridgehead atoms. The van der Waals surface area contributed by atoms with Crippen molar-refractivity contribution < 1.29 is 9.84 Å². The van der Waals surface area contributed by atoms with Crippen LogP contribution in [0.4, 0.5) is 0 Å². The minimum absolute atomic E-state index is 0.00984. The summed E-state index contributed by atoms with van der Waals surface area (Å²) in [5.74, 6) is 1.39. The average Bonchev–Trinajstić information content (AvgIpc) is 3.04. The van der Waals surface area contributed by atoms with Crippen LogP contribution in [0, 0.1) is 11.3 Å². The van der Waals surface area contributed by atoms with Crippen LogP contribution in [-0.2, 0) is 0 Å². The molecule has 2 aromatic carbocycles. The van der Waals surface area contributed by atoms with Crippen LogP contribution in [0.2, 0.25) is 0 Å². The van der Waals surface area contributed by atoms with Crippen molar-refractivity contribution >= 4 is 28.4 Å². The Hall–Kier alpha value is -2.91. The van der Waals surface area contributed by atoms with Crippen LogP contribution >= 0.6 is 11.8 Å². The number of imidazole rings is 1. The molecule has 5 nitrogen and oxygen atoms in total. The fraction of sp³-hybridized carbons (Fsp3) is 0.111. The van der Waals surface area contributed by atoms with Gasteiger partial charge in [-0.3, -0.25) is 0 Å². The molecule has 1 aromatic heterocycles. The lowest BCUT2D eigenvalue weighted by Crippen LogP contribution is -1.95. The number of aliphatic hydroxyl groups is 1. The topological polar surface area (TPSA) is 81.9 Å². The minimum atomic E-state index is -0.00984. The van der Waals surface area contributed by atoms with E-state index in [1.807, 2.05) is 54.6 Å². The van der Waals surface area contributed by atoms with E-state index in [-0.39, 0.29) is 17.1 Å². The van der Waals surface area contributed by atoms with Crippen molar-refractivity contribution in [1.29, 1.82) is 5.26 Å². The van der Waals surface area contributed by atoms with Crippen molar-refractivity contribution in [2.75, 3.05) is 12.9 Å². The second-order valence-corrected chi connectivity index (χ2v) is 6.05. The Morgan fingerprint density at radius 2 is 2.12 bits per heavy atom. The Morgan fingerprint density at radius 3 is 2.88 bits per heavy atom. The van der Waals surface area contributed by atoms with Crippen LogP contribution < -0.4 is 4.74 Å². The van der Waals surface area contributed by atoms with Gasteiger partial charge in [0.1, 0.15) is 23.2 Å². The van der Waals surface area contributed by atoms with Gasteiger partial charge >= 0.3 is 0 Å². The van der Waals surface area contributed by atoms with E-state index >= 15 is 0 Å². The number of hydrogen-bond acceptors (Lipinski definition) is 5. The summed E-state index contributed by atoms with van der Waals surface area (Å²) in [5, 5.41) is 19.7. The molecule has 0 saturated heterocycles. The van der Waals surface area contributed by atoms with Gasteiger partial charge in [0, 0.05) is 4.90 Å². The van der Waals surface area contributed by atoms with E-state index in [0.29, 0.717) is 5.82 Å². The van der Waals surface area contributed by atoms with Gasteiger partial charge in [-0.25, -0.2) is 4.98 Å². The van der Waals surface area contributed by atoms with E-state index in [4.69, 9.17) is 4.74 Å². The number of para-hydroxylation sites is 2. The second kappa shape index (κ2) is 7.11. The van der Waals surface area contributed by atoms with E-state index in [1.54, 1.807) is 7.11 Å². The third-order valence-electron chi connectivity index (χ3n) is 3.44. The normalized spacial score (nSPS) is 11.8. The first-order valence-electron chi connectivity index (χ1n) is 7.25. The maximum Gasteiger partial charge on any atom is 0.152 e. The van der Waals surface area contributed by atoms with Crippen LogP contribution in [0.15, 0.2) is 59.2 Å². The van der Waals surface area contributed by atoms with Gasteiger partial charge in [-0.1, -0.05) is 18.2 Å². The molecule has 0 unspecified atom stereocenters. The monoisotopic (exact) mass is 337 g/mol. The number of fused-ring (bicyclic) bond motifs is 1. The van der Waals surface area contributed by atoms with E-state index < -0.39 is 0 Å². The number of thioether (sulfide) groups is 1. The third-order valence-corrected chi connectivity index (χ3v) is 4.45. The van der Waals surface area contributed by atoms with Crippen LogP contribution in [0.3, 0.4) is 0 Å². The molecule has 0 atom stereocenters. The molecule has 0 aliphatic carbocycles. The fourth-order valence-corrected chi connectivity index (χ4v) is 3.06.